The smallest absolute Gasteiger partial charge is 0.276 e. The van der Waals surface area contributed by atoms with Crippen LogP contribution in [0.4, 0.5) is 0 Å². The molecule has 22 heavy (non-hydrogen) atoms. The first-order valence-corrected chi connectivity index (χ1v) is 8.02. The van der Waals surface area contributed by atoms with Gasteiger partial charge in [0.15, 0.2) is 5.69 Å². The van der Waals surface area contributed by atoms with Crippen LogP contribution in [-0.4, -0.2) is 22.5 Å². The van der Waals surface area contributed by atoms with Gasteiger partial charge in [0.2, 0.25) is 0 Å². The standard InChI is InChI=1S/C18H22N2O2/c1-3-7-14-12-16(19-22-14)18(21)20-11-6-10-17(20)15-9-5-4-8-13(15)2/h4-5,8-9,12,17H,3,6-7,10-11H2,1-2H3/t17-/m0/s1. The Morgan fingerprint density at radius 1 is 1.41 bits per heavy atom. The van der Waals surface area contributed by atoms with Gasteiger partial charge in [0, 0.05) is 19.0 Å². The molecule has 1 aliphatic rings. The van der Waals surface area contributed by atoms with Crippen molar-refractivity contribution in [3.05, 3.63) is 52.9 Å². The zero-order valence-corrected chi connectivity index (χ0v) is 13.2. The minimum atomic E-state index is -0.0168. The SMILES string of the molecule is CCCc1cc(C(=O)N2CCC[C@H]2c2ccccc2C)no1. The number of likely N-dealkylation sites (tertiary alicyclic amines) is 1. The van der Waals surface area contributed by atoms with E-state index in [9.17, 15) is 4.79 Å². The van der Waals surface area contributed by atoms with Crippen molar-refractivity contribution in [2.45, 2.75) is 45.6 Å². The van der Waals surface area contributed by atoms with E-state index in [1.54, 1.807) is 6.07 Å². The van der Waals surface area contributed by atoms with Crippen molar-refractivity contribution < 1.29 is 9.32 Å². The third-order valence-electron chi connectivity index (χ3n) is 4.34. The topological polar surface area (TPSA) is 46.3 Å². The first-order chi connectivity index (χ1) is 10.7. The number of benzene rings is 1. The molecular formula is C18H22N2O2. The third-order valence-corrected chi connectivity index (χ3v) is 4.34. The van der Waals surface area contributed by atoms with Crippen molar-refractivity contribution in [3.63, 3.8) is 0 Å². The van der Waals surface area contributed by atoms with Gasteiger partial charge in [-0.2, -0.15) is 0 Å². The lowest BCUT2D eigenvalue weighted by molar-refractivity contribution is 0.0724. The molecule has 1 fully saturated rings. The Bertz CT molecular complexity index is 663. The minimum absolute atomic E-state index is 0.0168. The van der Waals surface area contributed by atoms with E-state index in [0.717, 1.165) is 38.0 Å². The molecule has 0 aliphatic carbocycles. The second-order valence-electron chi connectivity index (χ2n) is 5.94. The average molecular weight is 298 g/mol. The Morgan fingerprint density at radius 2 is 2.23 bits per heavy atom. The van der Waals surface area contributed by atoms with Gasteiger partial charge in [-0.25, -0.2) is 0 Å². The Kier molecular flexibility index (Phi) is 4.27. The van der Waals surface area contributed by atoms with Crippen LogP contribution in [0.1, 0.15) is 59.6 Å². The van der Waals surface area contributed by atoms with E-state index in [4.69, 9.17) is 4.52 Å². The van der Waals surface area contributed by atoms with Gasteiger partial charge in [0.05, 0.1) is 6.04 Å². The zero-order chi connectivity index (χ0) is 15.5. The van der Waals surface area contributed by atoms with Gasteiger partial charge in [-0.1, -0.05) is 36.3 Å². The second kappa shape index (κ2) is 6.34. The average Bonchev–Trinajstić information content (AvgIpc) is 3.16. The van der Waals surface area contributed by atoms with E-state index in [1.807, 2.05) is 17.0 Å². The lowest BCUT2D eigenvalue weighted by Crippen LogP contribution is -2.31. The van der Waals surface area contributed by atoms with Crippen LogP contribution in [0.15, 0.2) is 34.9 Å². The molecule has 0 bridgehead atoms. The lowest BCUT2D eigenvalue weighted by Gasteiger charge is -2.25. The van der Waals surface area contributed by atoms with Gasteiger partial charge in [0.1, 0.15) is 5.76 Å². The molecule has 0 N–H and O–H groups in total. The highest BCUT2D eigenvalue weighted by Gasteiger charge is 2.32. The van der Waals surface area contributed by atoms with Gasteiger partial charge in [0.25, 0.3) is 5.91 Å². The molecule has 3 rings (SSSR count). The molecule has 116 valence electrons. The summed E-state index contributed by atoms with van der Waals surface area (Å²) in [5.41, 5.74) is 2.91. The summed E-state index contributed by atoms with van der Waals surface area (Å²) < 4.78 is 5.25. The second-order valence-corrected chi connectivity index (χ2v) is 5.94. The number of carbonyl (C=O) groups excluding carboxylic acids is 1. The number of amides is 1. The normalized spacial score (nSPS) is 17.9. The molecule has 4 heteroatoms. The molecule has 1 amide bonds. The fourth-order valence-electron chi connectivity index (χ4n) is 3.22. The maximum Gasteiger partial charge on any atom is 0.276 e. The number of aryl methyl sites for hydroxylation is 2. The highest BCUT2D eigenvalue weighted by atomic mass is 16.5. The zero-order valence-electron chi connectivity index (χ0n) is 13.2. The number of hydrogen-bond donors (Lipinski definition) is 0. The third kappa shape index (κ3) is 2.78. The van der Waals surface area contributed by atoms with Crippen molar-refractivity contribution in [2.24, 2.45) is 0 Å². The fourth-order valence-corrected chi connectivity index (χ4v) is 3.22. The van der Waals surface area contributed by atoms with Gasteiger partial charge < -0.3 is 9.42 Å². The molecule has 1 atom stereocenters. The number of carbonyl (C=O) groups is 1. The molecule has 2 heterocycles. The monoisotopic (exact) mass is 298 g/mol. The van der Waals surface area contributed by atoms with Crippen LogP contribution in [-0.2, 0) is 6.42 Å². The molecule has 0 spiro atoms. The fraction of sp³-hybridized carbons (Fsp3) is 0.444. The number of rotatable bonds is 4. The first kappa shape index (κ1) is 14.8. The Hall–Kier alpha value is -2.10. The minimum Gasteiger partial charge on any atom is -0.361 e. The van der Waals surface area contributed by atoms with Crippen molar-refractivity contribution >= 4 is 5.91 Å². The maximum atomic E-state index is 12.8. The van der Waals surface area contributed by atoms with Crippen molar-refractivity contribution in [3.8, 4) is 0 Å². The predicted octanol–water partition coefficient (Wildman–Crippen LogP) is 3.91. The summed E-state index contributed by atoms with van der Waals surface area (Å²) in [6.45, 7) is 4.97. The maximum absolute atomic E-state index is 12.8. The van der Waals surface area contributed by atoms with E-state index in [0.29, 0.717) is 5.69 Å². The molecule has 4 nitrogen and oxygen atoms in total. The van der Waals surface area contributed by atoms with Gasteiger partial charge in [-0.3, -0.25) is 4.79 Å². The number of aromatic nitrogens is 1. The van der Waals surface area contributed by atoms with Crippen LogP contribution in [0.25, 0.3) is 0 Å². The van der Waals surface area contributed by atoms with Gasteiger partial charge in [-0.15, -0.1) is 0 Å². The quantitative estimate of drug-likeness (QED) is 0.859. The van der Waals surface area contributed by atoms with E-state index in [-0.39, 0.29) is 11.9 Å². The van der Waals surface area contributed by atoms with E-state index in [1.165, 1.54) is 11.1 Å². The van der Waals surface area contributed by atoms with E-state index >= 15 is 0 Å². The molecular weight excluding hydrogens is 276 g/mol. The molecule has 0 unspecified atom stereocenters. The van der Waals surface area contributed by atoms with Crippen LogP contribution in [0, 0.1) is 6.92 Å². The predicted molar refractivity (Wildman–Crippen MR) is 84.7 cm³/mol. The summed E-state index contributed by atoms with van der Waals surface area (Å²) in [5.74, 6) is 0.773. The molecule has 1 aromatic carbocycles. The molecule has 1 aromatic heterocycles. The van der Waals surface area contributed by atoms with Gasteiger partial charge in [-0.05, 0) is 37.3 Å². The Balaban J connectivity index is 1.83. The van der Waals surface area contributed by atoms with E-state index < -0.39 is 0 Å². The lowest BCUT2D eigenvalue weighted by atomic mass is 9.99. The molecule has 2 aromatic rings. The van der Waals surface area contributed by atoms with E-state index in [2.05, 4.69) is 31.1 Å². The number of nitrogens with zero attached hydrogens (tertiary/aromatic N) is 2. The highest BCUT2D eigenvalue weighted by molar-refractivity contribution is 5.92. The summed E-state index contributed by atoms with van der Waals surface area (Å²) >= 11 is 0. The summed E-state index contributed by atoms with van der Waals surface area (Å²) in [7, 11) is 0. The van der Waals surface area contributed by atoms with Crippen molar-refractivity contribution in [1.29, 1.82) is 0 Å². The van der Waals surface area contributed by atoms with Crippen LogP contribution in [0.2, 0.25) is 0 Å². The van der Waals surface area contributed by atoms with Crippen LogP contribution in [0.3, 0.4) is 0 Å². The number of hydrogen-bond acceptors (Lipinski definition) is 3. The Labute approximate surface area is 131 Å². The molecule has 0 saturated carbocycles. The Morgan fingerprint density at radius 3 is 3.00 bits per heavy atom. The molecule has 1 saturated heterocycles. The van der Waals surface area contributed by atoms with Crippen LogP contribution in [0.5, 0.6) is 0 Å². The van der Waals surface area contributed by atoms with Gasteiger partial charge >= 0.3 is 0 Å². The van der Waals surface area contributed by atoms with Crippen molar-refractivity contribution in [2.75, 3.05) is 6.54 Å². The molecule has 1 aliphatic heterocycles. The largest absolute Gasteiger partial charge is 0.361 e. The van der Waals surface area contributed by atoms with Crippen LogP contribution < -0.4 is 0 Å². The summed E-state index contributed by atoms with van der Waals surface area (Å²) in [5, 5.41) is 3.96. The summed E-state index contributed by atoms with van der Waals surface area (Å²) in [4.78, 5) is 14.7. The van der Waals surface area contributed by atoms with Crippen LogP contribution >= 0.6 is 0 Å². The summed E-state index contributed by atoms with van der Waals surface area (Å²) in [6.07, 6.45) is 3.85. The highest BCUT2D eigenvalue weighted by Crippen LogP contribution is 2.34. The first-order valence-electron chi connectivity index (χ1n) is 8.02. The molecule has 0 radical (unpaired) electrons. The van der Waals surface area contributed by atoms with Crippen molar-refractivity contribution in [1.82, 2.24) is 10.1 Å². The summed E-state index contributed by atoms with van der Waals surface area (Å²) in [6, 6.07) is 10.2.